The molecule has 5 nitrogen and oxygen atoms in total. The fourth-order valence-corrected chi connectivity index (χ4v) is 2.49. The van der Waals surface area contributed by atoms with Crippen LogP contribution in [0.5, 0.6) is 0 Å². The van der Waals surface area contributed by atoms with E-state index in [1.54, 1.807) is 0 Å². The first-order chi connectivity index (χ1) is 7.11. The number of aliphatic hydroxyl groups is 5. The summed E-state index contributed by atoms with van der Waals surface area (Å²) in [6.07, 6.45) is -1.14. The van der Waals surface area contributed by atoms with Gasteiger partial charge < -0.3 is 25.5 Å². The van der Waals surface area contributed by atoms with Gasteiger partial charge in [-0.3, -0.25) is 0 Å². The van der Waals surface area contributed by atoms with E-state index >= 15 is 0 Å². The van der Waals surface area contributed by atoms with Gasteiger partial charge in [-0.25, -0.2) is 0 Å². The molecule has 15 heavy (non-hydrogen) atoms. The maximum atomic E-state index is 9.72. The quantitative estimate of drug-likeness (QED) is 0.396. The van der Waals surface area contributed by atoms with Crippen LogP contribution in [0.4, 0.5) is 0 Å². The van der Waals surface area contributed by atoms with Gasteiger partial charge in [0.15, 0.2) is 0 Å². The highest BCUT2D eigenvalue weighted by molar-refractivity contribution is 4.90. The lowest BCUT2D eigenvalue weighted by molar-refractivity contribution is -0.108. The molecule has 0 unspecified atom stereocenters. The average molecular weight is 220 g/mol. The highest BCUT2D eigenvalue weighted by Gasteiger charge is 2.41. The van der Waals surface area contributed by atoms with Crippen molar-refractivity contribution in [3.8, 4) is 0 Å². The van der Waals surface area contributed by atoms with Crippen LogP contribution in [0, 0.1) is 11.8 Å². The molecule has 5 N–H and O–H groups in total. The van der Waals surface area contributed by atoms with Crippen molar-refractivity contribution in [2.24, 2.45) is 11.8 Å². The van der Waals surface area contributed by atoms with Gasteiger partial charge in [0, 0.05) is 12.5 Å². The second-order valence-electron chi connectivity index (χ2n) is 4.22. The van der Waals surface area contributed by atoms with Gasteiger partial charge >= 0.3 is 0 Å². The first-order valence-corrected chi connectivity index (χ1v) is 5.37. The predicted octanol–water partition coefficient (Wildman–Crippen LogP) is -1.53. The second-order valence-corrected chi connectivity index (χ2v) is 4.22. The molecule has 0 saturated heterocycles. The molecule has 1 aliphatic carbocycles. The van der Waals surface area contributed by atoms with Gasteiger partial charge in [0.25, 0.3) is 0 Å². The molecule has 0 spiro atoms. The van der Waals surface area contributed by atoms with Gasteiger partial charge in [-0.15, -0.1) is 0 Å². The van der Waals surface area contributed by atoms with E-state index in [1.807, 2.05) is 0 Å². The Hall–Kier alpha value is -0.200. The summed E-state index contributed by atoms with van der Waals surface area (Å²) < 4.78 is 0. The Kier molecular flexibility index (Phi) is 4.95. The molecule has 0 amide bonds. The number of aliphatic hydroxyl groups excluding tert-OH is 5. The molecule has 1 saturated carbocycles. The summed E-state index contributed by atoms with van der Waals surface area (Å²) >= 11 is 0. The standard InChI is InChI=1S/C10H20O5/c11-4-3-6-7(13)1-2-8(14)10(6)9(15)5-12/h6-15H,1-5H2/t6-,7+,8-,9+,10-/m0/s1. The van der Waals surface area contributed by atoms with Crippen LogP contribution in [-0.2, 0) is 0 Å². The average Bonchev–Trinajstić information content (AvgIpc) is 2.23. The minimum atomic E-state index is -1.04. The third-order valence-corrected chi connectivity index (χ3v) is 3.28. The molecule has 0 radical (unpaired) electrons. The van der Waals surface area contributed by atoms with Gasteiger partial charge in [-0.1, -0.05) is 0 Å². The molecule has 5 heteroatoms. The van der Waals surface area contributed by atoms with Crippen molar-refractivity contribution in [1.82, 2.24) is 0 Å². The summed E-state index contributed by atoms with van der Waals surface area (Å²) in [6, 6.07) is 0. The zero-order valence-electron chi connectivity index (χ0n) is 8.66. The first-order valence-electron chi connectivity index (χ1n) is 5.37. The van der Waals surface area contributed by atoms with Gasteiger partial charge in [0.2, 0.25) is 0 Å². The van der Waals surface area contributed by atoms with E-state index in [1.165, 1.54) is 0 Å². The second kappa shape index (κ2) is 5.77. The molecular formula is C10H20O5. The van der Waals surface area contributed by atoms with Crippen molar-refractivity contribution in [2.45, 2.75) is 37.6 Å². The first kappa shape index (κ1) is 12.9. The van der Waals surface area contributed by atoms with Crippen LogP contribution >= 0.6 is 0 Å². The summed E-state index contributed by atoms with van der Waals surface area (Å²) in [6.45, 7) is -0.528. The minimum absolute atomic E-state index is 0.0942. The van der Waals surface area contributed by atoms with Gasteiger partial charge in [-0.2, -0.15) is 0 Å². The van der Waals surface area contributed by atoms with Gasteiger partial charge in [0.05, 0.1) is 24.9 Å². The highest BCUT2D eigenvalue weighted by Crippen LogP contribution is 2.35. The smallest absolute Gasteiger partial charge is 0.0827 e. The summed E-state index contributed by atoms with van der Waals surface area (Å²) in [4.78, 5) is 0. The Morgan fingerprint density at radius 3 is 2.20 bits per heavy atom. The van der Waals surface area contributed by atoms with E-state index in [9.17, 15) is 15.3 Å². The molecule has 1 rings (SSSR count). The lowest BCUT2D eigenvalue weighted by Gasteiger charge is -2.40. The topological polar surface area (TPSA) is 101 Å². The van der Waals surface area contributed by atoms with E-state index in [2.05, 4.69) is 0 Å². The minimum Gasteiger partial charge on any atom is -0.396 e. The predicted molar refractivity (Wildman–Crippen MR) is 53.0 cm³/mol. The maximum Gasteiger partial charge on any atom is 0.0827 e. The van der Waals surface area contributed by atoms with Crippen LogP contribution in [0.1, 0.15) is 19.3 Å². The summed E-state index contributed by atoms with van der Waals surface area (Å²) in [5.41, 5.74) is 0. The van der Waals surface area contributed by atoms with Crippen LogP contribution < -0.4 is 0 Å². The molecule has 0 aromatic rings. The van der Waals surface area contributed by atoms with E-state index in [0.29, 0.717) is 19.3 Å². The molecule has 90 valence electrons. The zero-order chi connectivity index (χ0) is 11.4. The van der Waals surface area contributed by atoms with Gasteiger partial charge in [0.1, 0.15) is 0 Å². The zero-order valence-corrected chi connectivity index (χ0v) is 8.66. The van der Waals surface area contributed by atoms with E-state index in [-0.39, 0.29) is 12.5 Å². The van der Waals surface area contributed by atoms with Crippen molar-refractivity contribution < 1.29 is 25.5 Å². The third-order valence-electron chi connectivity index (χ3n) is 3.28. The normalized spacial score (nSPS) is 39.0. The molecular weight excluding hydrogens is 200 g/mol. The van der Waals surface area contributed by atoms with Crippen LogP contribution in [0.15, 0.2) is 0 Å². The summed E-state index contributed by atoms with van der Waals surface area (Å²) in [5.74, 6) is -0.896. The molecule has 0 aromatic heterocycles. The molecule has 0 bridgehead atoms. The Labute approximate surface area is 89.0 Å². The lowest BCUT2D eigenvalue weighted by Crippen LogP contribution is -2.48. The Morgan fingerprint density at radius 2 is 1.67 bits per heavy atom. The number of rotatable bonds is 4. The molecule has 1 aliphatic rings. The SMILES string of the molecule is OCC[C@@H]1[C@H]([C@H](O)CO)[C@@H](O)CC[C@H]1O. The van der Waals surface area contributed by atoms with Crippen LogP contribution in [0.3, 0.4) is 0 Å². The highest BCUT2D eigenvalue weighted by atomic mass is 16.3. The molecule has 0 aliphatic heterocycles. The molecule has 5 atom stereocenters. The molecule has 1 fully saturated rings. The monoisotopic (exact) mass is 220 g/mol. The maximum absolute atomic E-state index is 9.72. The largest absolute Gasteiger partial charge is 0.396 e. The lowest BCUT2D eigenvalue weighted by atomic mass is 9.71. The molecule has 0 heterocycles. The Balaban J connectivity index is 2.73. The van der Waals surface area contributed by atoms with E-state index in [0.717, 1.165) is 0 Å². The van der Waals surface area contributed by atoms with Crippen molar-refractivity contribution in [3.63, 3.8) is 0 Å². The number of hydrogen-bond donors (Lipinski definition) is 5. The third kappa shape index (κ3) is 2.89. The van der Waals surface area contributed by atoms with Crippen molar-refractivity contribution in [3.05, 3.63) is 0 Å². The van der Waals surface area contributed by atoms with Gasteiger partial charge in [-0.05, 0) is 25.2 Å². The fraction of sp³-hybridized carbons (Fsp3) is 1.00. The van der Waals surface area contributed by atoms with Crippen molar-refractivity contribution >= 4 is 0 Å². The fourth-order valence-electron chi connectivity index (χ4n) is 2.49. The van der Waals surface area contributed by atoms with Crippen LogP contribution in [-0.4, -0.2) is 57.1 Å². The van der Waals surface area contributed by atoms with Crippen molar-refractivity contribution in [2.75, 3.05) is 13.2 Å². The number of hydrogen-bond acceptors (Lipinski definition) is 5. The Bertz CT molecular complexity index is 183. The Morgan fingerprint density at radius 1 is 1.07 bits per heavy atom. The summed E-state index contributed by atoms with van der Waals surface area (Å²) in [5, 5.41) is 46.7. The van der Waals surface area contributed by atoms with Crippen molar-refractivity contribution in [1.29, 1.82) is 0 Å². The van der Waals surface area contributed by atoms with E-state index in [4.69, 9.17) is 10.2 Å². The van der Waals surface area contributed by atoms with Crippen LogP contribution in [0.25, 0.3) is 0 Å². The summed E-state index contributed by atoms with van der Waals surface area (Å²) in [7, 11) is 0. The van der Waals surface area contributed by atoms with E-state index < -0.39 is 30.8 Å². The van der Waals surface area contributed by atoms with Crippen LogP contribution in [0.2, 0.25) is 0 Å². The molecule has 0 aromatic carbocycles.